The molecule has 4 heteroatoms. The quantitative estimate of drug-likeness (QED) is 0.914. The van der Waals surface area contributed by atoms with Gasteiger partial charge in [0.25, 0.3) is 0 Å². The predicted octanol–water partition coefficient (Wildman–Crippen LogP) is 2.15. The lowest BCUT2D eigenvalue weighted by molar-refractivity contribution is -0.160. The van der Waals surface area contributed by atoms with E-state index in [1.807, 2.05) is 37.3 Å². The highest BCUT2D eigenvalue weighted by atomic mass is 16.6. The van der Waals surface area contributed by atoms with Crippen LogP contribution in [0, 0.1) is 0 Å². The Morgan fingerprint density at radius 3 is 2.95 bits per heavy atom. The maximum Gasteiger partial charge on any atom is 0.146 e. The molecule has 1 heterocycles. The molecule has 1 aliphatic rings. The Kier molecular flexibility index (Phi) is 3.36. The third kappa shape index (κ3) is 2.29. The summed E-state index contributed by atoms with van der Waals surface area (Å²) in [6.45, 7) is 2.50. The van der Waals surface area contributed by atoms with Gasteiger partial charge in [0.15, 0.2) is 0 Å². The second kappa shape index (κ2) is 5.15. The Morgan fingerprint density at radius 2 is 2.16 bits per heavy atom. The first-order valence-corrected chi connectivity index (χ1v) is 6.59. The van der Waals surface area contributed by atoms with Gasteiger partial charge in [-0.1, -0.05) is 18.2 Å². The van der Waals surface area contributed by atoms with Gasteiger partial charge >= 0.3 is 0 Å². The number of hydrogen-bond acceptors (Lipinski definition) is 4. The molecule has 3 atom stereocenters. The smallest absolute Gasteiger partial charge is 0.146 e. The SMILES string of the molecule is CCOC1C(O)CC1Oc1cccc2cccnc12. The molecule has 1 aromatic carbocycles. The van der Waals surface area contributed by atoms with Crippen molar-refractivity contribution in [2.24, 2.45) is 0 Å². The molecule has 1 aromatic heterocycles. The Balaban J connectivity index is 1.82. The molecule has 0 spiro atoms. The van der Waals surface area contributed by atoms with E-state index in [2.05, 4.69) is 4.98 Å². The van der Waals surface area contributed by atoms with Crippen molar-refractivity contribution >= 4 is 10.9 Å². The van der Waals surface area contributed by atoms with E-state index >= 15 is 0 Å². The minimum absolute atomic E-state index is 0.0949. The fourth-order valence-electron chi connectivity index (χ4n) is 2.42. The topological polar surface area (TPSA) is 51.6 Å². The highest BCUT2D eigenvalue weighted by molar-refractivity contribution is 5.84. The van der Waals surface area contributed by atoms with Gasteiger partial charge in [-0.2, -0.15) is 0 Å². The largest absolute Gasteiger partial charge is 0.485 e. The number of aliphatic hydroxyl groups excluding tert-OH is 1. The fraction of sp³-hybridized carbons (Fsp3) is 0.400. The molecule has 1 fully saturated rings. The molecule has 0 saturated heterocycles. The van der Waals surface area contributed by atoms with Crippen LogP contribution >= 0.6 is 0 Å². The maximum absolute atomic E-state index is 9.68. The van der Waals surface area contributed by atoms with Gasteiger partial charge in [-0.15, -0.1) is 0 Å². The van der Waals surface area contributed by atoms with Gasteiger partial charge in [-0.05, 0) is 19.1 Å². The summed E-state index contributed by atoms with van der Waals surface area (Å²) in [5, 5.41) is 10.7. The van der Waals surface area contributed by atoms with Crippen LogP contribution in [0.4, 0.5) is 0 Å². The molecular formula is C15H17NO3. The van der Waals surface area contributed by atoms with Crippen LogP contribution in [0.5, 0.6) is 5.75 Å². The second-order valence-corrected chi connectivity index (χ2v) is 4.71. The molecule has 3 rings (SSSR count). The van der Waals surface area contributed by atoms with E-state index in [9.17, 15) is 5.11 Å². The minimum atomic E-state index is -0.423. The van der Waals surface area contributed by atoms with Crippen LogP contribution in [0.25, 0.3) is 10.9 Å². The molecule has 1 N–H and O–H groups in total. The number of ether oxygens (including phenoxy) is 2. The van der Waals surface area contributed by atoms with E-state index in [-0.39, 0.29) is 12.2 Å². The van der Waals surface area contributed by atoms with Crippen LogP contribution < -0.4 is 4.74 Å². The van der Waals surface area contributed by atoms with Crippen molar-refractivity contribution < 1.29 is 14.6 Å². The molecule has 0 radical (unpaired) electrons. The molecule has 2 aromatic rings. The average Bonchev–Trinajstić information content (AvgIpc) is 2.45. The number of fused-ring (bicyclic) bond motifs is 1. The van der Waals surface area contributed by atoms with Crippen molar-refractivity contribution in [3.63, 3.8) is 0 Å². The van der Waals surface area contributed by atoms with E-state index in [0.717, 1.165) is 16.7 Å². The van der Waals surface area contributed by atoms with Crippen LogP contribution in [0.2, 0.25) is 0 Å². The maximum atomic E-state index is 9.68. The van der Waals surface area contributed by atoms with Gasteiger partial charge in [-0.25, -0.2) is 0 Å². The molecule has 3 unspecified atom stereocenters. The Hall–Kier alpha value is -1.65. The molecule has 0 amide bonds. The summed E-state index contributed by atoms with van der Waals surface area (Å²) in [5.41, 5.74) is 0.849. The molecule has 100 valence electrons. The number of para-hydroxylation sites is 1. The van der Waals surface area contributed by atoms with Crippen molar-refractivity contribution in [2.75, 3.05) is 6.61 Å². The van der Waals surface area contributed by atoms with Gasteiger partial charge in [0.1, 0.15) is 23.5 Å². The fourth-order valence-corrected chi connectivity index (χ4v) is 2.42. The first kappa shape index (κ1) is 12.4. The number of nitrogens with zero attached hydrogens (tertiary/aromatic N) is 1. The summed E-state index contributed by atoms with van der Waals surface area (Å²) in [4.78, 5) is 4.35. The highest BCUT2D eigenvalue weighted by Gasteiger charge is 2.42. The number of pyridine rings is 1. The summed E-state index contributed by atoms with van der Waals surface area (Å²) >= 11 is 0. The van der Waals surface area contributed by atoms with Crippen LogP contribution in [-0.4, -0.2) is 35.0 Å². The number of rotatable bonds is 4. The Labute approximate surface area is 112 Å². The normalized spacial score (nSPS) is 26.1. The third-order valence-corrected chi connectivity index (χ3v) is 3.45. The van der Waals surface area contributed by atoms with Crippen molar-refractivity contribution in [2.45, 2.75) is 31.7 Å². The first-order chi connectivity index (χ1) is 9.29. The molecular weight excluding hydrogens is 242 g/mol. The number of aromatic nitrogens is 1. The molecule has 4 nitrogen and oxygen atoms in total. The van der Waals surface area contributed by atoms with Crippen molar-refractivity contribution in [3.05, 3.63) is 36.5 Å². The van der Waals surface area contributed by atoms with Gasteiger partial charge in [0.05, 0.1) is 6.10 Å². The molecule has 1 aliphatic carbocycles. The molecule has 1 saturated carbocycles. The minimum Gasteiger partial charge on any atom is -0.485 e. The zero-order chi connectivity index (χ0) is 13.2. The summed E-state index contributed by atoms with van der Waals surface area (Å²) in [6.07, 6.45) is 1.61. The lowest BCUT2D eigenvalue weighted by atomic mass is 9.88. The lowest BCUT2D eigenvalue weighted by Gasteiger charge is -2.40. The van der Waals surface area contributed by atoms with Crippen molar-refractivity contribution in [1.29, 1.82) is 0 Å². The van der Waals surface area contributed by atoms with Crippen molar-refractivity contribution in [1.82, 2.24) is 4.98 Å². The zero-order valence-corrected chi connectivity index (χ0v) is 10.8. The van der Waals surface area contributed by atoms with Crippen molar-refractivity contribution in [3.8, 4) is 5.75 Å². The van der Waals surface area contributed by atoms with E-state index in [0.29, 0.717) is 13.0 Å². The summed E-state index contributed by atoms with van der Waals surface area (Å²) in [7, 11) is 0. The van der Waals surface area contributed by atoms with Gasteiger partial charge in [0, 0.05) is 24.6 Å². The number of aliphatic hydroxyl groups is 1. The zero-order valence-electron chi connectivity index (χ0n) is 10.8. The third-order valence-electron chi connectivity index (χ3n) is 3.45. The van der Waals surface area contributed by atoms with Gasteiger partial charge in [0.2, 0.25) is 0 Å². The Morgan fingerprint density at radius 1 is 1.32 bits per heavy atom. The highest BCUT2D eigenvalue weighted by Crippen LogP contribution is 2.31. The van der Waals surface area contributed by atoms with Gasteiger partial charge < -0.3 is 14.6 Å². The van der Waals surface area contributed by atoms with E-state index in [1.54, 1.807) is 6.20 Å². The molecule has 0 aliphatic heterocycles. The standard InChI is InChI=1S/C15H17NO3/c1-2-18-15-11(17)9-13(15)19-12-7-3-5-10-6-4-8-16-14(10)12/h3-8,11,13,15,17H,2,9H2,1H3. The summed E-state index contributed by atoms with van der Waals surface area (Å²) in [6, 6.07) is 9.77. The second-order valence-electron chi connectivity index (χ2n) is 4.71. The number of benzene rings is 1. The lowest BCUT2D eigenvalue weighted by Crippen LogP contribution is -2.55. The van der Waals surface area contributed by atoms with E-state index < -0.39 is 6.10 Å². The Bertz CT molecular complexity index is 567. The summed E-state index contributed by atoms with van der Waals surface area (Å²) < 4.78 is 11.4. The first-order valence-electron chi connectivity index (χ1n) is 6.59. The monoisotopic (exact) mass is 259 g/mol. The van der Waals surface area contributed by atoms with Crippen LogP contribution in [0.3, 0.4) is 0 Å². The number of hydrogen-bond donors (Lipinski definition) is 1. The van der Waals surface area contributed by atoms with Crippen LogP contribution in [-0.2, 0) is 4.74 Å². The predicted molar refractivity (Wildman–Crippen MR) is 72.2 cm³/mol. The molecule has 0 bridgehead atoms. The van der Waals surface area contributed by atoms with Crippen LogP contribution in [0.15, 0.2) is 36.5 Å². The summed E-state index contributed by atoms with van der Waals surface area (Å²) in [5.74, 6) is 0.750. The molecule has 19 heavy (non-hydrogen) atoms. The van der Waals surface area contributed by atoms with Crippen LogP contribution in [0.1, 0.15) is 13.3 Å². The van der Waals surface area contributed by atoms with E-state index in [4.69, 9.17) is 9.47 Å². The average molecular weight is 259 g/mol. The van der Waals surface area contributed by atoms with E-state index in [1.165, 1.54) is 0 Å². The van der Waals surface area contributed by atoms with Gasteiger partial charge in [-0.3, -0.25) is 4.98 Å².